The first-order valence-electron chi connectivity index (χ1n) is 5.60. The van der Waals surface area contributed by atoms with Crippen molar-refractivity contribution in [2.24, 2.45) is 0 Å². The van der Waals surface area contributed by atoms with Gasteiger partial charge in [0.1, 0.15) is 0 Å². The average Bonchev–Trinajstić information content (AvgIpc) is 2.39. The Morgan fingerprint density at radius 2 is 1.35 bits per heavy atom. The molecule has 0 aliphatic carbocycles. The number of fused-ring (bicyclic) bond motifs is 1. The fourth-order valence-corrected chi connectivity index (χ4v) is 2.15. The first-order valence-corrected chi connectivity index (χ1v) is 5.60. The zero-order valence-corrected chi connectivity index (χ0v) is 9.26. The highest BCUT2D eigenvalue weighted by Gasteiger charge is 2.03. The highest BCUT2D eigenvalue weighted by Crippen LogP contribution is 2.34. The van der Waals surface area contributed by atoms with E-state index >= 15 is 0 Å². The summed E-state index contributed by atoms with van der Waals surface area (Å²) in [4.78, 5) is 0. The molecule has 3 aromatic carbocycles. The zero-order chi connectivity index (χ0) is 11.7. The average molecular weight is 219 g/mol. The van der Waals surface area contributed by atoms with Crippen LogP contribution in [0.25, 0.3) is 21.9 Å². The Labute approximate surface area is 100.0 Å². The molecular formula is C16H11O-. The normalized spacial score (nSPS) is 10.6. The number of rotatable bonds is 1. The third-order valence-electron chi connectivity index (χ3n) is 2.95. The zero-order valence-electron chi connectivity index (χ0n) is 9.26. The lowest BCUT2D eigenvalue weighted by molar-refractivity contribution is -0.267. The van der Waals surface area contributed by atoms with Crippen molar-refractivity contribution in [1.29, 1.82) is 0 Å². The van der Waals surface area contributed by atoms with E-state index in [1.54, 1.807) is 6.07 Å². The van der Waals surface area contributed by atoms with Crippen molar-refractivity contribution >= 4 is 10.8 Å². The van der Waals surface area contributed by atoms with Crippen molar-refractivity contribution in [3.05, 3.63) is 66.7 Å². The summed E-state index contributed by atoms with van der Waals surface area (Å²) in [6.45, 7) is 0. The quantitative estimate of drug-likeness (QED) is 0.613. The molecule has 1 heteroatoms. The molecule has 0 radical (unpaired) electrons. The largest absolute Gasteiger partial charge is 0.872 e. The van der Waals surface area contributed by atoms with Crippen molar-refractivity contribution in [2.45, 2.75) is 0 Å². The molecule has 0 bridgehead atoms. The minimum Gasteiger partial charge on any atom is -0.872 e. The van der Waals surface area contributed by atoms with Gasteiger partial charge in [-0.15, -0.1) is 5.75 Å². The predicted octanol–water partition coefficient (Wildman–Crippen LogP) is 3.58. The molecule has 0 heterocycles. The minimum atomic E-state index is 0.0786. The van der Waals surface area contributed by atoms with Crippen LogP contribution in [0.5, 0.6) is 5.75 Å². The van der Waals surface area contributed by atoms with Crippen molar-refractivity contribution in [3.8, 4) is 16.9 Å². The van der Waals surface area contributed by atoms with E-state index < -0.39 is 0 Å². The summed E-state index contributed by atoms with van der Waals surface area (Å²) in [5.74, 6) is 0.0786. The summed E-state index contributed by atoms with van der Waals surface area (Å²) in [6, 6.07) is 21.3. The van der Waals surface area contributed by atoms with Gasteiger partial charge in [0.25, 0.3) is 0 Å². The van der Waals surface area contributed by atoms with Gasteiger partial charge in [0.2, 0.25) is 0 Å². The monoisotopic (exact) mass is 219 g/mol. The van der Waals surface area contributed by atoms with E-state index in [-0.39, 0.29) is 5.75 Å². The second kappa shape index (κ2) is 3.95. The predicted molar refractivity (Wildman–Crippen MR) is 68.8 cm³/mol. The molecule has 3 aromatic rings. The SMILES string of the molecule is [O-]c1ccc2ccccc2c1-c1ccccc1. The molecule has 1 nitrogen and oxygen atoms in total. The maximum absolute atomic E-state index is 12.0. The van der Waals surface area contributed by atoms with Crippen LogP contribution in [-0.4, -0.2) is 0 Å². The lowest BCUT2D eigenvalue weighted by atomic mass is 9.97. The van der Waals surface area contributed by atoms with Gasteiger partial charge < -0.3 is 5.11 Å². The number of hydrogen-bond acceptors (Lipinski definition) is 1. The molecular weight excluding hydrogens is 208 g/mol. The number of hydrogen-bond donors (Lipinski definition) is 0. The highest BCUT2D eigenvalue weighted by molar-refractivity contribution is 5.99. The lowest BCUT2D eigenvalue weighted by Crippen LogP contribution is -1.94. The van der Waals surface area contributed by atoms with Crippen LogP contribution in [0.15, 0.2) is 66.7 Å². The third kappa shape index (κ3) is 1.66. The van der Waals surface area contributed by atoms with Crippen LogP contribution in [0, 0.1) is 0 Å². The molecule has 0 saturated heterocycles. The fourth-order valence-electron chi connectivity index (χ4n) is 2.15. The summed E-state index contributed by atoms with van der Waals surface area (Å²) in [7, 11) is 0. The third-order valence-corrected chi connectivity index (χ3v) is 2.95. The Morgan fingerprint density at radius 1 is 0.647 bits per heavy atom. The van der Waals surface area contributed by atoms with Crippen LogP contribution in [-0.2, 0) is 0 Å². The van der Waals surface area contributed by atoms with E-state index in [1.165, 1.54) is 0 Å². The van der Waals surface area contributed by atoms with Crippen molar-refractivity contribution in [1.82, 2.24) is 0 Å². The Kier molecular flexibility index (Phi) is 2.30. The molecule has 3 rings (SSSR count). The smallest absolute Gasteiger partial charge is 0.0112 e. The second-order valence-corrected chi connectivity index (χ2v) is 4.03. The van der Waals surface area contributed by atoms with Crippen LogP contribution < -0.4 is 5.11 Å². The molecule has 0 aliphatic rings. The maximum Gasteiger partial charge on any atom is -0.0112 e. The minimum absolute atomic E-state index is 0.0786. The Bertz CT molecular complexity index is 657. The molecule has 82 valence electrons. The van der Waals surface area contributed by atoms with E-state index in [0.717, 1.165) is 21.9 Å². The van der Waals surface area contributed by atoms with E-state index in [1.807, 2.05) is 60.7 Å². The molecule has 0 N–H and O–H groups in total. The summed E-state index contributed by atoms with van der Waals surface area (Å²) in [5.41, 5.74) is 1.78. The van der Waals surface area contributed by atoms with Crippen molar-refractivity contribution in [3.63, 3.8) is 0 Å². The standard InChI is InChI=1S/C16H12O/c17-15-11-10-12-6-4-5-9-14(12)16(15)13-7-2-1-3-8-13/h1-11,17H/p-1. The van der Waals surface area contributed by atoms with Crippen LogP contribution in [0.2, 0.25) is 0 Å². The Morgan fingerprint density at radius 3 is 2.18 bits per heavy atom. The number of benzene rings is 3. The molecule has 0 aromatic heterocycles. The molecule has 0 saturated carbocycles. The van der Waals surface area contributed by atoms with Gasteiger partial charge in [-0.05, 0) is 21.9 Å². The first-order chi connectivity index (χ1) is 8.36. The molecule has 0 fully saturated rings. The van der Waals surface area contributed by atoms with Gasteiger partial charge in [0.15, 0.2) is 0 Å². The van der Waals surface area contributed by atoms with Gasteiger partial charge in [-0.3, -0.25) is 0 Å². The van der Waals surface area contributed by atoms with Gasteiger partial charge in [0.05, 0.1) is 0 Å². The highest BCUT2D eigenvalue weighted by atomic mass is 16.3. The van der Waals surface area contributed by atoms with Crippen LogP contribution in [0.4, 0.5) is 0 Å². The maximum atomic E-state index is 12.0. The van der Waals surface area contributed by atoms with Crippen molar-refractivity contribution < 1.29 is 5.11 Å². The Balaban J connectivity index is 2.39. The van der Waals surface area contributed by atoms with E-state index in [9.17, 15) is 5.11 Å². The van der Waals surface area contributed by atoms with Gasteiger partial charge >= 0.3 is 0 Å². The summed E-state index contributed by atoms with van der Waals surface area (Å²) >= 11 is 0. The van der Waals surface area contributed by atoms with E-state index in [4.69, 9.17) is 0 Å². The van der Waals surface area contributed by atoms with Gasteiger partial charge in [-0.25, -0.2) is 0 Å². The molecule has 0 unspecified atom stereocenters. The molecule has 17 heavy (non-hydrogen) atoms. The van der Waals surface area contributed by atoms with Crippen LogP contribution in [0.3, 0.4) is 0 Å². The summed E-state index contributed by atoms with van der Waals surface area (Å²) in [5, 5.41) is 14.2. The molecule has 0 aliphatic heterocycles. The fraction of sp³-hybridized carbons (Fsp3) is 0. The lowest BCUT2D eigenvalue weighted by Gasteiger charge is -2.16. The topological polar surface area (TPSA) is 23.1 Å². The summed E-state index contributed by atoms with van der Waals surface area (Å²) in [6.07, 6.45) is 0. The molecule has 0 spiro atoms. The van der Waals surface area contributed by atoms with Crippen LogP contribution in [0.1, 0.15) is 0 Å². The first kappa shape index (κ1) is 9.91. The molecule has 0 amide bonds. The van der Waals surface area contributed by atoms with Gasteiger partial charge in [-0.2, -0.15) is 0 Å². The Hall–Kier alpha value is -2.28. The van der Waals surface area contributed by atoms with E-state index in [0.29, 0.717) is 0 Å². The van der Waals surface area contributed by atoms with Gasteiger partial charge in [0, 0.05) is 0 Å². The molecule has 0 atom stereocenters. The summed E-state index contributed by atoms with van der Waals surface area (Å²) < 4.78 is 0. The van der Waals surface area contributed by atoms with Crippen molar-refractivity contribution in [2.75, 3.05) is 0 Å². The second-order valence-electron chi connectivity index (χ2n) is 4.03. The van der Waals surface area contributed by atoms with Crippen LogP contribution >= 0.6 is 0 Å². The van der Waals surface area contributed by atoms with Gasteiger partial charge in [-0.1, -0.05) is 66.7 Å². The van der Waals surface area contributed by atoms with E-state index in [2.05, 4.69) is 0 Å².